The summed E-state index contributed by atoms with van der Waals surface area (Å²) in [5, 5.41) is 5.51. The van der Waals surface area contributed by atoms with Crippen LogP contribution in [-0.4, -0.2) is 15.3 Å². The SMILES string of the molecule is O=C(/C=C/c1ccccc1Cl)Nc1ccccc1-c1cn2ccsc2n1. The predicted octanol–water partition coefficient (Wildman–Crippen LogP) is 5.37. The Hall–Kier alpha value is -2.89. The fraction of sp³-hybridized carbons (Fsp3) is 0. The molecule has 0 atom stereocenters. The van der Waals surface area contributed by atoms with Gasteiger partial charge in [-0.15, -0.1) is 11.3 Å². The number of anilines is 1. The van der Waals surface area contributed by atoms with Crippen LogP contribution in [0.15, 0.2) is 72.4 Å². The van der Waals surface area contributed by atoms with E-state index in [-0.39, 0.29) is 5.91 Å². The summed E-state index contributed by atoms with van der Waals surface area (Å²) in [4.78, 5) is 17.9. The molecule has 0 unspecified atom stereocenters. The molecular formula is C20H14ClN3OS. The molecule has 4 rings (SSSR count). The molecule has 0 saturated heterocycles. The van der Waals surface area contributed by atoms with E-state index in [4.69, 9.17) is 11.6 Å². The highest BCUT2D eigenvalue weighted by molar-refractivity contribution is 7.15. The number of rotatable bonds is 4. The summed E-state index contributed by atoms with van der Waals surface area (Å²) in [6.07, 6.45) is 7.09. The quantitative estimate of drug-likeness (QED) is 0.484. The minimum atomic E-state index is -0.224. The Morgan fingerprint density at radius 3 is 2.81 bits per heavy atom. The second-order valence-corrected chi connectivity index (χ2v) is 6.89. The van der Waals surface area contributed by atoms with Gasteiger partial charge in [0.05, 0.1) is 11.4 Å². The third kappa shape index (κ3) is 3.40. The zero-order valence-corrected chi connectivity index (χ0v) is 15.2. The van der Waals surface area contributed by atoms with Gasteiger partial charge in [-0.05, 0) is 23.8 Å². The lowest BCUT2D eigenvalue weighted by Crippen LogP contribution is -2.08. The lowest BCUT2D eigenvalue weighted by Gasteiger charge is -2.07. The molecule has 4 nitrogen and oxygen atoms in total. The lowest BCUT2D eigenvalue weighted by atomic mass is 10.1. The van der Waals surface area contributed by atoms with Crippen LogP contribution in [0.4, 0.5) is 5.69 Å². The molecule has 1 amide bonds. The Bertz CT molecular complexity index is 1080. The molecule has 1 N–H and O–H groups in total. The fourth-order valence-electron chi connectivity index (χ4n) is 2.62. The molecule has 2 aromatic heterocycles. The molecule has 6 heteroatoms. The topological polar surface area (TPSA) is 46.4 Å². The van der Waals surface area contributed by atoms with Gasteiger partial charge in [-0.3, -0.25) is 9.20 Å². The maximum Gasteiger partial charge on any atom is 0.248 e. The molecule has 26 heavy (non-hydrogen) atoms. The third-order valence-electron chi connectivity index (χ3n) is 3.87. The van der Waals surface area contributed by atoms with Crippen LogP contribution in [-0.2, 0) is 4.79 Å². The van der Waals surface area contributed by atoms with Gasteiger partial charge in [0.25, 0.3) is 0 Å². The van der Waals surface area contributed by atoms with Crippen LogP contribution in [0.3, 0.4) is 0 Å². The van der Waals surface area contributed by atoms with Crippen LogP contribution in [0.2, 0.25) is 5.02 Å². The minimum Gasteiger partial charge on any atom is -0.322 e. The Balaban J connectivity index is 1.58. The number of aromatic nitrogens is 2. The van der Waals surface area contributed by atoms with E-state index in [2.05, 4.69) is 10.3 Å². The largest absolute Gasteiger partial charge is 0.322 e. The maximum absolute atomic E-state index is 12.3. The summed E-state index contributed by atoms with van der Waals surface area (Å²) in [6.45, 7) is 0. The number of hydrogen-bond acceptors (Lipinski definition) is 3. The van der Waals surface area contributed by atoms with E-state index in [1.165, 1.54) is 6.08 Å². The molecule has 0 spiro atoms. The second-order valence-electron chi connectivity index (χ2n) is 5.61. The Kier molecular flexibility index (Phi) is 4.56. The fourth-order valence-corrected chi connectivity index (χ4v) is 3.52. The van der Waals surface area contributed by atoms with E-state index < -0.39 is 0 Å². The van der Waals surface area contributed by atoms with E-state index in [1.54, 1.807) is 23.5 Å². The average molecular weight is 380 g/mol. The number of fused-ring (bicyclic) bond motifs is 1. The van der Waals surface area contributed by atoms with Gasteiger partial charge < -0.3 is 5.32 Å². The van der Waals surface area contributed by atoms with Gasteiger partial charge in [-0.2, -0.15) is 0 Å². The first-order valence-corrected chi connectivity index (χ1v) is 9.22. The van der Waals surface area contributed by atoms with E-state index in [0.29, 0.717) is 10.7 Å². The van der Waals surface area contributed by atoms with E-state index >= 15 is 0 Å². The number of nitrogens with one attached hydrogen (secondary N) is 1. The van der Waals surface area contributed by atoms with Crippen molar-refractivity contribution in [1.82, 2.24) is 9.38 Å². The number of benzene rings is 2. The van der Waals surface area contributed by atoms with Crippen molar-refractivity contribution in [3.05, 3.63) is 83.0 Å². The number of carbonyl (C=O) groups excluding carboxylic acids is 1. The van der Waals surface area contributed by atoms with Gasteiger partial charge >= 0.3 is 0 Å². The molecular weight excluding hydrogens is 366 g/mol. The highest BCUT2D eigenvalue weighted by atomic mass is 35.5. The number of hydrogen-bond donors (Lipinski definition) is 1. The predicted molar refractivity (Wildman–Crippen MR) is 108 cm³/mol. The number of carbonyl (C=O) groups is 1. The van der Waals surface area contributed by atoms with Crippen LogP contribution in [0.5, 0.6) is 0 Å². The van der Waals surface area contributed by atoms with Crippen molar-refractivity contribution in [2.75, 3.05) is 5.32 Å². The summed E-state index contributed by atoms with van der Waals surface area (Å²) in [5.41, 5.74) is 3.21. The molecule has 0 fully saturated rings. The molecule has 2 heterocycles. The van der Waals surface area contributed by atoms with Crippen molar-refractivity contribution in [3.63, 3.8) is 0 Å². The van der Waals surface area contributed by atoms with E-state index in [0.717, 1.165) is 21.8 Å². The van der Waals surface area contributed by atoms with Crippen molar-refractivity contribution >= 4 is 45.6 Å². The van der Waals surface area contributed by atoms with Crippen LogP contribution < -0.4 is 5.32 Å². The third-order valence-corrected chi connectivity index (χ3v) is 4.99. The van der Waals surface area contributed by atoms with E-state index in [9.17, 15) is 4.79 Å². The number of nitrogens with zero attached hydrogens (tertiary/aromatic N) is 2. The number of halogens is 1. The van der Waals surface area contributed by atoms with Crippen LogP contribution in [0.25, 0.3) is 22.3 Å². The number of thiazole rings is 1. The Morgan fingerprint density at radius 1 is 1.15 bits per heavy atom. The first-order valence-electron chi connectivity index (χ1n) is 7.96. The molecule has 0 aliphatic carbocycles. The van der Waals surface area contributed by atoms with Gasteiger partial charge in [0, 0.05) is 34.4 Å². The summed E-state index contributed by atoms with van der Waals surface area (Å²) in [7, 11) is 0. The molecule has 128 valence electrons. The van der Waals surface area contributed by atoms with Crippen LogP contribution >= 0.6 is 22.9 Å². The molecule has 0 aliphatic rings. The monoisotopic (exact) mass is 379 g/mol. The highest BCUT2D eigenvalue weighted by Crippen LogP contribution is 2.28. The summed E-state index contributed by atoms with van der Waals surface area (Å²) in [5.74, 6) is -0.224. The standard InChI is InChI=1S/C20H14ClN3OS/c21-16-7-3-1-5-14(16)9-10-19(25)22-17-8-4-2-6-15(17)18-13-24-11-12-26-20(24)23-18/h1-13H,(H,22,25)/b10-9+. The Labute approximate surface area is 159 Å². The summed E-state index contributed by atoms with van der Waals surface area (Å²) >= 11 is 7.68. The molecule has 2 aromatic carbocycles. The highest BCUT2D eigenvalue weighted by Gasteiger charge is 2.11. The van der Waals surface area contributed by atoms with Gasteiger partial charge in [0.2, 0.25) is 5.91 Å². The second kappa shape index (κ2) is 7.15. The lowest BCUT2D eigenvalue weighted by molar-refractivity contribution is -0.111. The average Bonchev–Trinajstić information content (AvgIpc) is 3.23. The van der Waals surface area contributed by atoms with Crippen molar-refractivity contribution in [3.8, 4) is 11.3 Å². The maximum atomic E-state index is 12.3. The van der Waals surface area contributed by atoms with Gasteiger partial charge in [0.1, 0.15) is 0 Å². The van der Waals surface area contributed by atoms with Crippen LogP contribution in [0, 0.1) is 0 Å². The van der Waals surface area contributed by atoms with Crippen molar-refractivity contribution in [2.45, 2.75) is 0 Å². The first kappa shape index (κ1) is 16.6. The number of amides is 1. The van der Waals surface area contributed by atoms with Gasteiger partial charge in [-0.25, -0.2) is 4.98 Å². The van der Waals surface area contributed by atoms with Crippen molar-refractivity contribution < 1.29 is 4.79 Å². The first-order chi connectivity index (χ1) is 12.7. The number of imidazole rings is 1. The zero-order chi connectivity index (χ0) is 17.9. The smallest absolute Gasteiger partial charge is 0.248 e. The summed E-state index contributed by atoms with van der Waals surface area (Å²) < 4.78 is 1.97. The van der Waals surface area contributed by atoms with Crippen molar-refractivity contribution in [2.24, 2.45) is 0 Å². The van der Waals surface area contributed by atoms with Gasteiger partial charge in [-0.1, -0.05) is 48.0 Å². The van der Waals surface area contributed by atoms with Crippen molar-refractivity contribution in [1.29, 1.82) is 0 Å². The zero-order valence-electron chi connectivity index (χ0n) is 13.6. The minimum absolute atomic E-state index is 0.224. The molecule has 0 aliphatic heterocycles. The van der Waals surface area contributed by atoms with Crippen LogP contribution in [0.1, 0.15) is 5.56 Å². The van der Waals surface area contributed by atoms with Gasteiger partial charge in [0.15, 0.2) is 4.96 Å². The normalized spacial score (nSPS) is 11.3. The molecule has 0 radical (unpaired) electrons. The number of para-hydroxylation sites is 1. The molecule has 4 aromatic rings. The Morgan fingerprint density at radius 2 is 1.96 bits per heavy atom. The summed E-state index contributed by atoms with van der Waals surface area (Å²) in [6, 6.07) is 15.0. The molecule has 0 saturated carbocycles. The molecule has 0 bridgehead atoms. The van der Waals surface area contributed by atoms with E-state index in [1.807, 2.05) is 64.6 Å².